The summed E-state index contributed by atoms with van der Waals surface area (Å²) < 4.78 is 15.1. The van der Waals surface area contributed by atoms with Crippen LogP contribution in [0.2, 0.25) is 0 Å². The Hall–Kier alpha value is -1.40. The Bertz CT molecular complexity index is 377. The first-order valence-corrected chi connectivity index (χ1v) is 5.26. The molecule has 0 spiro atoms. The first-order chi connectivity index (χ1) is 8.00. The quantitative estimate of drug-likeness (QED) is 0.797. The number of aromatic nitrogens is 1. The van der Waals surface area contributed by atoms with Gasteiger partial charge in [-0.2, -0.15) is 0 Å². The molecule has 96 valence electrons. The Morgan fingerprint density at radius 3 is 2.76 bits per heavy atom. The lowest BCUT2D eigenvalue weighted by atomic mass is 10.1. The molecule has 0 aromatic carbocycles. The number of carbonyl (C=O) groups is 1. The molecule has 1 aromatic rings. The highest BCUT2D eigenvalue weighted by atomic mass is 16.5. The van der Waals surface area contributed by atoms with E-state index in [9.17, 15) is 4.79 Å². The van der Waals surface area contributed by atoms with Crippen LogP contribution >= 0.6 is 0 Å². The van der Waals surface area contributed by atoms with Gasteiger partial charge in [0.25, 0.3) is 5.91 Å². The van der Waals surface area contributed by atoms with E-state index < -0.39 is 5.60 Å². The molecule has 1 atom stereocenters. The maximum Gasteiger partial charge on any atom is 0.273 e. The van der Waals surface area contributed by atoms with Crippen molar-refractivity contribution in [2.24, 2.45) is 0 Å². The number of nitrogens with zero attached hydrogens (tertiary/aromatic N) is 1. The van der Waals surface area contributed by atoms with Gasteiger partial charge in [0.15, 0.2) is 5.69 Å². The molecule has 17 heavy (non-hydrogen) atoms. The maximum atomic E-state index is 11.7. The van der Waals surface area contributed by atoms with Crippen molar-refractivity contribution in [2.45, 2.75) is 19.4 Å². The summed E-state index contributed by atoms with van der Waals surface area (Å²) in [6, 6.07) is 1.58. The molecule has 0 saturated carbocycles. The second kappa shape index (κ2) is 5.79. The Kier molecular flexibility index (Phi) is 4.65. The number of rotatable bonds is 6. The lowest BCUT2D eigenvalue weighted by molar-refractivity contribution is -0.0480. The largest absolute Gasteiger partial charge is 0.382 e. The number of amides is 1. The number of hydrogen-bond acceptors (Lipinski definition) is 5. The summed E-state index contributed by atoms with van der Waals surface area (Å²) >= 11 is 0. The maximum absolute atomic E-state index is 11.7. The van der Waals surface area contributed by atoms with Gasteiger partial charge in [0.2, 0.25) is 0 Å². The second-order valence-corrected chi connectivity index (χ2v) is 4.09. The molecular formula is C11H18N2O4. The van der Waals surface area contributed by atoms with E-state index in [1.807, 2.05) is 6.92 Å². The molecule has 0 radical (unpaired) electrons. The third-order valence-electron chi connectivity index (χ3n) is 2.43. The summed E-state index contributed by atoms with van der Waals surface area (Å²) in [5.74, 6) is 0.308. The molecule has 1 amide bonds. The van der Waals surface area contributed by atoms with Gasteiger partial charge in [0.1, 0.15) is 11.4 Å². The van der Waals surface area contributed by atoms with E-state index in [1.54, 1.807) is 27.2 Å². The molecule has 6 heteroatoms. The summed E-state index contributed by atoms with van der Waals surface area (Å²) in [5.41, 5.74) is -0.290. The molecule has 1 unspecified atom stereocenters. The van der Waals surface area contributed by atoms with E-state index in [0.717, 1.165) is 0 Å². The zero-order chi connectivity index (χ0) is 12.9. The van der Waals surface area contributed by atoms with Gasteiger partial charge in [-0.15, -0.1) is 0 Å². The Morgan fingerprint density at radius 1 is 1.59 bits per heavy atom. The number of nitrogens with one attached hydrogen (secondary N) is 1. The van der Waals surface area contributed by atoms with Crippen molar-refractivity contribution in [3.63, 3.8) is 0 Å². The lowest BCUT2D eigenvalue weighted by Gasteiger charge is -2.27. The Balaban J connectivity index is 2.52. The third-order valence-corrected chi connectivity index (χ3v) is 2.43. The van der Waals surface area contributed by atoms with E-state index >= 15 is 0 Å². The van der Waals surface area contributed by atoms with Crippen LogP contribution in [0.3, 0.4) is 0 Å². The molecular weight excluding hydrogens is 224 g/mol. The number of methoxy groups -OCH3 is 2. The molecule has 6 nitrogen and oxygen atoms in total. The zero-order valence-corrected chi connectivity index (χ0v) is 10.6. The Morgan fingerprint density at radius 2 is 2.29 bits per heavy atom. The van der Waals surface area contributed by atoms with Crippen LogP contribution in [0.25, 0.3) is 0 Å². The monoisotopic (exact) mass is 242 g/mol. The first kappa shape index (κ1) is 13.7. The zero-order valence-electron chi connectivity index (χ0n) is 10.6. The topological polar surface area (TPSA) is 73.6 Å². The van der Waals surface area contributed by atoms with Gasteiger partial charge in [-0.3, -0.25) is 4.79 Å². The molecule has 1 rings (SSSR count). The fourth-order valence-electron chi connectivity index (χ4n) is 1.32. The van der Waals surface area contributed by atoms with Gasteiger partial charge >= 0.3 is 0 Å². The van der Waals surface area contributed by atoms with E-state index in [2.05, 4.69) is 10.5 Å². The van der Waals surface area contributed by atoms with E-state index in [4.69, 9.17) is 14.0 Å². The van der Waals surface area contributed by atoms with Crippen LogP contribution < -0.4 is 5.32 Å². The summed E-state index contributed by atoms with van der Waals surface area (Å²) in [6.07, 6.45) is 0. The smallest absolute Gasteiger partial charge is 0.273 e. The average molecular weight is 242 g/mol. The summed E-state index contributed by atoms with van der Waals surface area (Å²) in [4.78, 5) is 11.7. The standard InChI is InChI=1S/C11H18N2O4/c1-8-5-9(13-17-8)10(14)12-6-11(2,16-4)7-15-3/h5H,6-7H2,1-4H3,(H,12,14). The van der Waals surface area contributed by atoms with Gasteiger partial charge in [-0.05, 0) is 13.8 Å². The third kappa shape index (κ3) is 3.83. The molecule has 1 N–H and O–H groups in total. The first-order valence-electron chi connectivity index (χ1n) is 5.26. The molecule has 0 aliphatic heterocycles. The highest BCUT2D eigenvalue weighted by molar-refractivity contribution is 5.92. The van der Waals surface area contributed by atoms with Gasteiger partial charge in [-0.25, -0.2) is 0 Å². The van der Waals surface area contributed by atoms with E-state index in [1.165, 1.54) is 0 Å². The number of carbonyl (C=O) groups excluding carboxylic acids is 1. The van der Waals surface area contributed by atoms with Crippen molar-refractivity contribution < 1.29 is 18.8 Å². The highest BCUT2D eigenvalue weighted by Crippen LogP contribution is 2.08. The lowest BCUT2D eigenvalue weighted by Crippen LogP contribution is -2.45. The summed E-state index contributed by atoms with van der Waals surface area (Å²) in [7, 11) is 3.16. The van der Waals surface area contributed by atoms with Crippen molar-refractivity contribution in [2.75, 3.05) is 27.4 Å². The van der Waals surface area contributed by atoms with Crippen LogP contribution in [0, 0.1) is 6.92 Å². The highest BCUT2D eigenvalue weighted by Gasteiger charge is 2.25. The van der Waals surface area contributed by atoms with Crippen molar-refractivity contribution in [1.29, 1.82) is 0 Å². The SMILES string of the molecule is COCC(C)(CNC(=O)c1cc(C)on1)OC. The van der Waals surface area contributed by atoms with Crippen LogP contribution in [0.4, 0.5) is 0 Å². The summed E-state index contributed by atoms with van der Waals surface area (Å²) in [5, 5.41) is 6.35. The predicted molar refractivity (Wildman–Crippen MR) is 60.9 cm³/mol. The van der Waals surface area contributed by atoms with Gasteiger partial charge in [-0.1, -0.05) is 5.16 Å². The van der Waals surface area contributed by atoms with Crippen LogP contribution in [-0.2, 0) is 9.47 Å². The average Bonchev–Trinajstić information content (AvgIpc) is 2.73. The van der Waals surface area contributed by atoms with Crippen molar-refractivity contribution in [3.05, 3.63) is 17.5 Å². The van der Waals surface area contributed by atoms with Crippen LogP contribution in [-0.4, -0.2) is 44.0 Å². The van der Waals surface area contributed by atoms with Crippen molar-refractivity contribution >= 4 is 5.91 Å². The second-order valence-electron chi connectivity index (χ2n) is 4.09. The van der Waals surface area contributed by atoms with Crippen LogP contribution in [0.15, 0.2) is 10.6 Å². The molecule has 1 aromatic heterocycles. The molecule has 0 fully saturated rings. The van der Waals surface area contributed by atoms with Crippen LogP contribution in [0.5, 0.6) is 0 Å². The fraction of sp³-hybridized carbons (Fsp3) is 0.636. The fourth-order valence-corrected chi connectivity index (χ4v) is 1.32. The normalized spacial score (nSPS) is 14.4. The minimum absolute atomic E-state index is 0.262. The van der Waals surface area contributed by atoms with Crippen molar-refractivity contribution in [1.82, 2.24) is 10.5 Å². The van der Waals surface area contributed by atoms with Crippen molar-refractivity contribution in [3.8, 4) is 0 Å². The molecule has 0 aliphatic rings. The number of ether oxygens (including phenoxy) is 2. The number of aryl methyl sites for hydroxylation is 1. The molecule has 0 bridgehead atoms. The van der Waals surface area contributed by atoms with E-state index in [0.29, 0.717) is 18.9 Å². The predicted octanol–water partition coefficient (Wildman–Crippen LogP) is 0.764. The minimum Gasteiger partial charge on any atom is -0.382 e. The minimum atomic E-state index is -0.552. The number of hydrogen-bond donors (Lipinski definition) is 1. The van der Waals surface area contributed by atoms with Gasteiger partial charge < -0.3 is 19.3 Å². The molecule has 0 aliphatic carbocycles. The van der Waals surface area contributed by atoms with Crippen LogP contribution in [0.1, 0.15) is 23.2 Å². The summed E-state index contributed by atoms with van der Waals surface area (Å²) in [6.45, 7) is 4.31. The van der Waals surface area contributed by atoms with Gasteiger partial charge in [0, 0.05) is 26.8 Å². The van der Waals surface area contributed by atoms with E-state index in [-0.39, 0.29) is 11.6 Å². The molecule has 0 saturated heterocycles. The Labute approximate surface area is 100 Å². The van der Waals surface area contributed by atoms with Gasteiger partial charge in [0.05, 0.1) is 6.61 Å². The molecule has 1 heterocycles.